The van der Waals surface area contributed by atoms with Crippen LogP contribution >= 0.6 is 0 Å². The van der Waals surface area contributed by atoms with Crippen LogP contribution in [0.1, 0.15) is 49.7 Å². The number of rotatable bonds is 8. The fourth-order valence-electron chi connectivity index (χ4n) is 4.86. The highest BCUT2D eigenvalue weighted by Crippen LogP contribution is 2.44. The van der Waals surface area contributed by atoms with E-state index in [1.807, 2.05) is 31.2 Å². The molecule has 0 saturated heterocycles. The normalized spacial score (nSPS) is 27.1. The maximum Gasteiger partial charge on any atom is 0.305 e. The number of fused-ring (bicyclic) bond motifs is 3. The number of hydrogen-bond acceptors (Lipinski definition) is 6. The van der Waals surface area contributed by atoms with E-state index in [1.54, 1.807) is 0 Å². The van der Waals surface area contributed by atoms with Crippen molar-refractivity contribution in [2.75, 3.05) is 13.2 Å². The van der Waals surface area contributed by atoms with Crippen molar-refractivity contribution in [1.29, 1.82) is 0 Å². The van der Waals surface area contributed by atoms with E-state index in [0.717, 1.165) is 0 Å². The first-order valence-electron chi connectivity index (χ1n) is 11.5. The van der Waals surface area contributed by atoms with E-state index in [-0.39, 0.29) is 17.8 Å². The van der Waals surface area contributed by atoms with Gasteiger partial charge in [-0.3, -0.25) is 4.79 Å². The topological polar surface area (TPSA) is 96.2 Å². The predicted octanol–water partition coefficient (Wildman–Crippen LogP) is 3.02. The Bertz CT molecular complexity index is 883. The van der Waals surface area contributed by atoms with Gasteiger partial charge in [0, 0.05) is 18.9 Å². The first-order chi connectivity index (χ1) is 15.5. The molecule has 2 aromatic carbocycles. The predicted molar refractivity (Wildman–Crippen MR) is 120 cm³/mol. The van der Waals surface area contributed by atoms with Gasteiger partial charge in [-0.2, -0.15) is 0 Å². The first kappa shape index (κ1) is 22.9. The molecule has 5 atom stereocenters. The number of carbonyl (C=O) groups is 1. The van der Waals surface area contributed by atoms with E-state index in [4.69, 9.17) is 9.47 Å². The number of benzene rings is 2. The van der Waals surface area contributed by atoms with Crippen LogP contribution in [0.2, 0.25) is 0 Å². The Labute approximate surface area is 188 Å². The van der Waals surface area contributed by atoms with Crippen molar-refractivity contribution in [3.05, 3.63) is 59.7 Å². The SMILES string of the molecule is CC1C[C@@H](OCCCCC(=O)OCC2c3ccccc3-c3ccccc32)C(O)[C@@H](O)[C@@H]1O. The van der Waals surface area contributed by atoms with E-state index < -0.39 is 24.4 Å². The molecule has 0 bridgehead atoms. The molecule has 0 radical (unpaired) electrons. The van der Waals surface area contributed by atoms with Crippen molar-refractivity contribution >= 4 is 5.97 Å². The Balaban J connectivity index is 1.20. The molecule has 0 amide bonds. The summed E-state index contributed by atoms with van der Waals surface area (Å²) in [6.07, 6.45) is -1.64. The molecule has 2 aliphatic carbocycles. The van der Waals surface area contributed by atoms with Crippen LogP contribution in [0.15, 0.2) is 48.5 Å². The molecule has 2 aromatic rings. The molecule has 0 aromatic heterocycles. The zero-order chi connectivity index (χ0) is 22.7. The Kier molecular flexibility index (Phi) is 7.26. The average molecular weight is 441 g/mol. The van der Waals surface area contributed by atoms with Gasteiger partial charge in [0.15, 0.2) is 0 Å². The average Bonchev–Trinajstić information content (AvgIpc) is 3.13. The standard InChI is InChI=1S/C26H32O6/c1-16-14-22(25(29)26(30)24(16)28)31-13-7-6-12-23(27)32-15-21-19-10-4-2-8-17(19)18-9-3-5-11-20(18)21/h2-5,8-11,16,21-22,24-26,28-30H,6-7,12-15H2,1H3/t16?,22-,24-,25?,26+/m1/s1. The minimum atomic E-state index is -1.19. The number of hydrogen-bond donors (Lipinski definition) is 3. The lowest BCUT2D eigenvalue weighted by Crippen LogP contribution is -2.53. The summed E-state index contributed by atoms with van der Waals surface area (Å²) in [6, 6.07) is 16.5. The summed E-state index contributed by atoms with van der Waals surface area (Å²) < 4.78 is 11.3. The third kappa shape index (κ3) is 4.74. The molecule has 6 nitrogen and oxygen atoms in total. The van der Waals surface area contributed by atoms with Gasteiger partial charge in [-0.05, 0) is 47.4 Å². The van der Waals surface area contributed by atoms with Crippen LogP contribution in [0.3, 0.4) is 0 Å². The van der Waals surface area contributed by atoms with Gasteiger partial charge in [-0.25, -0.2) is 0 Å². The maximum absolute atomic E-state index is 12.3. The van der Waals surface area contributed by atoms with Crippen LogP contribution in [0, 0.1) is 5.92 Å². The summed E-state index contributed by atoms with van der Waals surface area (Å²) in [5, 5.41) is 29.8. The molecule has 0 spiro atoms. The molecule has 1 saturated carbocycles. The van der Waals surface area contributed by atoms with Crippen molar-refractivity contribution in [2.45, 2.75) is 62.9 Å². The molecule has 0 heterocycles. The summed E-state index contributed by atoms with van der Waals surface area (Å²) in [6.45, 7) is 2.54. The van der Waals surface area contributed by atoms with Crippen LogP contribution in [0.5, 0.6) is 0 Å². The molecule has 6 heteroatoms. The Morgan fingerprint density at radius 3 is 2.19 bits per heavy atom. The molecule has 32 heavy (non-hydrogen) atoms. The Morgan fingerprint density at radius 2 is 1.53 bits per heavy atom. The summed E-state index contributed by atoms with van der Waals surface area (Å²) in [5.41, 5.74) is 4.81. The van der Waals surface area contributed by atoms with Crippen LogP contribution in [0.4, 0.5) is 0 Å². The van der Waals surface area contributed by atoms with E-state index in [0.29, 0.717) is 38.9 Å². The van der Waals surface area contributed by atoms with Crippen molar-refractivity contribution in [3.8, 4) is 11.1 Å². The van der Waals surface area contributed by atoms with Crippen LogP contribution in [-0.4, -0.2) is 58.9 Å². The van der Waals surface area contributed by atoms with Gasteiger partial charge >= 0.3 is 5.97 Å². The highest BCUT2D eigenvalue weighted by atomic mass is 16.5. The molecular weight excluding hydrogens is 408 g/mol. The maximum atomic E-state index is 12.3. The van der Waals surface area contributed by atoms with Gasteiger partial charge < -0.3 is 24.8 Å². The third-order valence-electron chi connectivity index (χ3n) is 6.75. The number of carbonyl (C=O) groups excluding carboxylic acids is 1. The van der Waals surface area contributed by atoms with Crippen molar-refractivity contribution in [1.82, 2.24) is 0 Å². The number of aliphatic hydroxyl groups is 3. The smallest absolute Gasteiger partial charge is 0.305 e. The van der Waals surface area contributed by atoms with Gasteiger partial charge in [-0.15, -0.1) is 0 Å². The van der Waals surface area contributed by atoms with Gasteiger partial charge in [0.25, 0.3) is 0 Å². The van der Waals surface area contributed by atoms with Crippen molar-refractivity contribution < 1.29 is 29.6 Å². The largest absolute Gasteiger partial charge is 0.465 e. The fourth-order valence-corrected chi connectivity index (χ4v) is 4.86. The van der Waals surface area contributed by atoms with E-state index >= 15 is 0 Å². The summed E-state index contributed by atoms with van der Waals surface area (Å²) in [7, 11) is 0. The second-order valence-electron chi connectivity index (χ2n) is 8.96. The molecule has 4 rings (SSSR count). The monoisotopic (exact) mass is 440 g/mol. The number of aliphatic hydroxyl groups excluding tert-OH is 3. The van der Waals surface area contributed by atoms with Crippen LogP contribution in [0.25, 0.3) is 11.1 Å². The third-order valence-corrected chi connectivity index (χ3v) is 6.75. The molecule has 3 N–H and O–H groups in total. The van der Waals surface area contributed by atoms with Gasteiger partial charge in [0.1, 0.15) is 18.8 Å². The molecule has 2 aliphatic rings. The summed E-state index contributed by atoms with van der Waals surface area (Å²) in [4.78, 5) is 12.3. The van der Waals surface area contributed by atoms with E-state index in [2.05, 4.69) is 24.3 Å². The lowest BCUT2D eigenvalue weighted by molar-refractivity contribution is -0.170. The minimum Gasteiger partial charge on any atom is -0.465 e. The Hall–Kier alpha value is -2.25. The van der Waals surface area contributed by atoms with Gasteiger partial charge in [-0.1, -0.05) is 55.5 Å². The van der Waals surface area contributed by atoms with E-state index in [9.17, 15) is 20.1 Å². The van der Waals surface area contributed by atoms with Gasteiger partial charge in [0.05, 0.1) is 12.2 Å². The lowest BCUT2D eigenvalue weighted by atomic mass is 9.82. The summed E-state index contributed by atoms with van der Waals surface area (Å²) >= 11 is 0. The van der Waals surface area contributed by atoms with Crippen LogP contribution in [-0.2, 0) is 14.3 Å². The zero-order valence-electron chi connectivity index (χ0n) is 18.4. The summed E-state index contributed by atoms with van der Waals surface area (Å²) in [5.74, 6) is -0.304. The van der Waals surface area contributed by atoms with E-state index in [1.165, 1.54) is 22.3 Å². The van der Waals surface area contributed by atoms with Crippen molar-refractivity contribution in [3.63, 3.8) is 0 Å². The Morgan fingerprint density at radius 1 is 0.906 bits per heavy atom. The van der Waals surface area contributed by atoms with Crippen LogP contribution < -0.4 is 0 Å². The molecule has 2 unspecified atom stereocenters. The zero-order valence-corrected chi connectivity index (χ0v) is 18.4. The number of unbranched alkanes of at least 4 members (excludes halogenated alkanes) is 1. The lowest BCUT2D eigenvalue weighted by Gasteiger charge is -2.38. The first-order valence-corrected chi connectivity index (χ1v) is 11.5. The molecule has 172 valence electrons. The highest BCUT2D eigenvalue weighted by molar-refractivity contribution is 5.79. The fraction of sp³-hybridized carbons (Fsp3) is 0.500. The molecule has 0 aliphatic heterocycles. The minimum absolute atomic E-state index is 0.0613. The van der Waals surface area contributed by atoms with Crippen molar-refractivity contribution in [2.24, 2.45) is 5.92 Å². The molecule has 1 fully saturated rings. The highest BCUT2D eigenvalue weighted by Gasteiger charge is 2.41. The van der Waals surface area contributed by atoms with Gasteiger partial charge in [0.2, 0.25) is 0 Å². The molecular formula is C26H32O6. The quantitative estimate of drug-likeness (QED) is 0.431. The second kappa shape index (κ2) is 10.1. The second-order valence-corrected chi connectivity index (χ2v) is 8.96. The number of esters is 1. The number of ether oxygens (including phenoxy) is 2.